The highest BCUT2D eigenvalue weighted by atomic mass is 16.5. The average molecular weight is 455 g/mol. The van der Waals surface area contributed by atoms with E-state index in [1.54, 1.807) is 13.2 Å². The number of hydrogen-bond acceptors (Lipinski definition) is 4. The molecule has 4 rings (SSSR count). The maximum Gasteiger partial charge on any atom is 0.291 e. The summed E-state index contributed by atoms with van der Waals surface area (Å²) in [5, 5.41) is 2.84. The second kappa shape index (κ2) is 9.87. The van der Waals surface area contributed by atoms with Gasteiger partial charge in [-0.3, -0.25) is 4.79 Å². The van der Waals surface area contributed by atoms with Crippen LogP contribution in [-0.2, 0) is 12.8 Å². The number of nitrogen functional groups attached to an aromatic ring is 1. The molecule has 0 aliphatic carbocycles. The molecule has 0 atom stereocenters. The number of nitrogens with one attached hydrogen (secondary N) is 1. The Bertz CT molecular complexity index is 1320. The maximum absolute atomic E-state index is 12.9. The third-order valence-electron chi connectivity index (χ3n) is 6.08. The fraction of sp³-hybridized carbons (Fsp3) is 0.207. The summed E-state index contributed by atoms with van der Waals surface area (Å²) in [6.07, 6.45) is 1.41. The molecular weight excluding hydrogens is 424 g/mol. The van der Waals surface area contributed by atoms with Crippen LogP contribution in [0.2, 0.25) is 0 Å². The molecule has 174 valence electrons. The number of methoxy groups -OCH3 is 1. The van der Waals surface area contributed by atoms with E-state index in [-0.39, 0.29) is 11.7 Å². The molecule has 0 bridgehead atoms. The van der Waals surface area contributed by atoms with E-state index >= 15 is 0 Å². The quantitative estimate of drug-likeness (QED) is 0.310. The summed E-state index contributed by atoms with van der Waals surface area (Å²) in [6, 6.07) is 22.0. The Morgan fingerprint density at radius 1 is 1.00 bits per heavy atom. The van der Waals surface area contributed by atoms with Gasteiger partial charge in [-0.2, -0.15) is 0 Å². The number of anilines is 2. The monoisotopic (exact) mass is 454 g/mol. The molecule has 0 saturated carbocycles. The van der Waals surface area contributed by atoms with Gasteiger partial charge in [0, 0.05) is 6.42 Å². The molecule has 0 spiro atoms. The number of carbonyl (C=O) groups is 1. The van der Waals surface area contributed by atoms with E-state index in [9.17, 15) is 4.79 Å². The third kappa shape index (κ3) is 4.84. The lowest BCUT2D eigenvalue weighted by atomic mass is 9.93. The molecule has 0 unspecified atom stereocenters. The molecule has 5 nitrogen and oxygen atoms in total. The molecule has 0 aliphatic rings. The van der Waals surface area contributed by atoms with Gasteiger partial charge >= 0.3 is 0 Å². The van der Waals surface area contributed by atoms with Crippen molar-refractivity contribution in [2.75, 3.05) is 18.2 Å². The predicted octanol–water partition coefficient (Wildman–Crippen LogP) is 6.56. The van der Waals surface area contributed by atoms with Crippen molar-refractivity contribution in [2.45, 2.75) is 33.6 Å². The van der Waals surface area contributed by atoms with Crippen LogP contribution in [0.5, 0.6) is 5.75 Å². The first-order valence-corrected chi connectivity index (χ1v) is 11.4. The Morgan fingerprint density at radius 3 is 2.47 bits per heavy atom. The number of nitrogens with two attached hydrogens (primary N) is 1. The van der Waals surface area contributed by atoms with Crippen molar-refractivity contribution in [1.29, 1.82) is 0 Å². The Labute approximate surface area is 200 Å². The summed E-state index contributed by atoms with van der Waals surface area (Å²) in [7, 11) is 1.56. The lowest BCUT2D eigenvalue weighted by molar-refractivity contribution is 0.0995. The smallest absolute Gasteiger partial charge is 0.291 e. The van der Waals surface area contributed by atoms with E-state index in [4.69, 9.17) is 14.9 Å². The van der Waals surface area contributed by atoms with Crippen LogP contribution < -0.4 is 15.8 Å². The molecular formula is C29H30N2O3. The van der Waals surface area contributed by atoms with E-state index in [2.05, 4.69) is 43.4 Å². The number of furan rings is 1. The Hall–Kier alpha value is -3.99. The minimum atomic E-state index is -0.369. The number of rotatable bonds is 7. The van der Waals surface area contributed by atoms with Crippen LogP contribution in [0.4, 0.5) is 11.4 Å². The summed E-state index contributed by atoms with van der Waals surface area (Å²) in [4.78, 5) is 12.9. The standard InChI is InChI=1S/C29H30N2O3/c1-5-20-14-25(30)28(27(15-20)33-4)31-29(32)26-12-11-23(34-26)16-22-17-24(19(3)13-18(22)2)21-9-7-6-8-10-21/h6-15,17H,5,16,30H2,1-4H3,(H,31,32). The van der Waals surface area contributed by atoms with Crippen LogP contribution in [-0.4, -0.2) is 13.0 Å². The van der Waals surface area contributed by atoms with Gasteiger partial charge in [0.2, 0.25) is 0 Å². The number of benzene rings is 3. The highest BCUT2D eigenvalue weighted by molar-refractivity contribution is 6.05. The Kier molecular flexibility index (Phi) is 6.73. The zero-order valence-corrected chi connectivity index (χ0v) is 20.1. The van der Waals surface area contributed by atoms with E-state index < -0.39 is 0 Å². The molecule has 0 fully saturated rings. The van der Waals surface area contributed by atoms with Crippen molar-refractivity contribution in [1.82, 2.24) is 0 Å². The van der Waals surface area contributed by atoms with Crippen molar-refractivity contribution in [3.8, 4) is 16.9 Å². The minimum Gasteiger partial charge on any atom is -0.494 e. The summed E-state index contributed by atoms with van der Waals surface area (Å²) < 4.78 is 11.4. The fourth-order valence-electron chi connectivity index (χ4n) is 4.17. The summed E-state index contributed by atoms with van der Waals surface area (Å²) in [5.74, 6) is 1.10. The first kappa shape index (κ1) is 23.2. The summed E-state index contributed by atoms with van der Waals surface area (Å²) in [6.45, 7) is 6.26. The zero-order chi connectivity index (χ0) is 24.2. The third-order valence-corrected chi connectivity index (χ3v) is 6.08. The average Bonchev–Trinajstić information content (AvgIpc) is 3.31. The van der Waals surface area contributed by atoms with E-state index in [1.165, 1.54) is 22.3 Å². The van der Waals surface area contributed by atoms with E-state index in [1.807, 2.05) is 43.3 Å². The van der Waals surface area contributed by atoms with Crippen LogP contribution in [0, 0.1) is 13.8 Å². The zero-order valence-electron chi connectivity index (χ0n) is 20.1. The number of ether oxygens (including phenoxy) is 1. The number of hydrogen-bond donors (Lipinski definition) is 2. The number of carbonyl (C=O) groups excluding carboxylic acids is 1. The van der Waals surface area contributed by atoms with Gasteiger partial charge in [-0.25, -0.2) is 0 Å². The number of aryl methyl sites for hydroxylation is 3. The molecule has 1 aromatic heterocycles. The normalized spacial score (nSPS) is 10.8. The molecule has 0 radical (unpaired) electrons. The minimum absolute atomic E-state index is 0.226. The first-order chi connectivity index (χ1) is 16.4. The second-order valence-electron chi connectivity index (χ2n) is 8.47. The van der Waals surface area contributed by atoms with Gasteiger partial charge in [0.15, 0.2) is 5.76 Å². The van der Waals surface area contributed by atoms with Crippen LogP contribution in [0.25, 0.3) is 11.1 Å². The summed E-state index contributed by atoms with van der Waals surface area (Å²) >= 11 is 0. The molecule has 5 heteroatoms. The molecule has 0 saturated heterocycles. The highest BCUT2D eigenvalue weighted by Gasteiger charge is 2.17. The van der Waals surface area contributed by atoms with Gasteiger partial charge in [-0.05, 0) is 77.9 Å². The summed E-state index contributed by atoms with van der Waals surface area (Å²) in [5.41, 5.74) is 14.1. The van der Waals surface area contributed by atoms with Crippen molar-refractivity contribution in [3.05, 3.63) is 101 Å². The molecule has 3 N–H and O–H groups in total. The van der Waals surface area contributed by atoms with Gasteiger partial charge in [0.05, 0.1) is 12.8 Å². The fourth-order valence-corrected chi connectivity index (χ4v) is 4.17. The van der Waals surface area contributed by atoms with Gasteiger partial charge in [0.25, 0.3) is 5.91 Å². The van der Waals surface area contributed by atoms with Gasteiger partial charge in [-0.1, -0.05) is 49.4 Å². The van der Waals surface area contributed by atoms with Crippen molar-refractivity contribution >= 4 is 17.3 Å². The lowest BCUT2D eigenvalue weighted by Gasteiger charge is -2.14. The van der Waals surface area contributed by atoms with Crippen molar-refractivity contribution in [3.63, 3.8) is 0 Å². The molecule has 1 amide bonds. The maximum atomic E-state index is 12.9. The van der Waals surface area contributed by atoms with Crippen LogP contribution >= 0.6 is 0 Å². The second-order valence-corrected chi connectivity index (χ2v) is 8.47. The first-order valence-electron chi connectivity index (χ1n) is 11.4. The molecule has 0 aliphatic heterocycles. The van der Waals surface area contributed by atoms with Crippen LogP contribution in [0.15, 0.2) is 71.1 Å². The molecule has 34 heavy (non-hydrogen) atoms. The van der Waals surface area contributed by atoms with E-state index in [0.29, 0.717) is 23.5 Å². The highest BCUT2D eigenvalue weighted by Crippen LogP contribution is 2.33. The van der Waals surface area contributed by atoms with Gasteiger partial charge in [-0.15, -0.1) is 0 Å². The van der Waals surface area contributed by atoms with Crippen molar-refractivity contribution in [2.24, 2.45) is 0 Å². The van der Waals surface area contributed by atoms with Crippen LogP contribution in [0.3, 0.4) is 0 Å². The SMILES string of the molecule is CCc1cc(N)c(NC(=O)c2ccc(Cc3cc(-c4ccccc4)c(C)cc3C)o2)c(OC)c1. The van der Waals surface area contributed by atoms with Gasteiger partial charge in [0.1, 0.15) is 17.2 Å². The molecule has 4 aromatic rings. The largest absolute Gasteiger partial charge is 0.494 e. The number of amides is 1. The molecule has 3 aromatic carbocycles. The van der Waals surface area contributed by atoms with Gasteiger partial charge < -0.3 is 20.2 Å². The molecule has 1 heterocycles. The van der Waals surface area contributed by atoms with Crippen molar-refractivity contribution < 1.29 is 13.9 Å². The lowest BCUT2D eigenvalue weighted by Crippen LogP contribution is -2.13. The Morgan fingerprint density at radius 2 is 1.76 bits per heavy atom. The van der Waals surface area contributed by atoms with Crippen LogP contribution in [0.1, 0.15) is 45.5 Å². The van der Waals surface area contributed by atoms with E-state index in [0.717, 1.165) is 23.3 Å². The topological polar surface area (TPSA) is 77.5 Å². The Balaban J connectivity index is 1.55. The predicted molar refractivity (Wildman–Crippen MR) is 138 cm³/mol.